The first-order valence-corrected chi connectivity index (χ1v) is 11.2. The van der Waals surface area contributed by atoms with Crippen molar-refractivity contribution < 1.29 is 13.2 Å². The lowest BCUT2D eigenvalue weighted by molar-refractivity contribution is -0.133. The SMILES string of the molecule is CCN(C(=O)Cn1c2ccccc2c(=O)c2ccccc21)C1CCS(=O)(=O)C1. The number of nitrogens with zero attached hydrogens (tertiary/aromatic N) is 2. The largest absolute Gasteiger partial charge is 0.337 e. The first-order valence-electron chi connectivity index (χ1n) is 9.41. The van der Waals surface area contributed by atoms with Crippen molar-refractivity contribution >= 4 is 37.6 Å². The first-order chi connectivity index (χ1) is 13.4. The summed E-state index contributed by atoms with van der Waals surface area (Å²) in [7, 11) is -3.07. The Labute approximate surface area is 163 Å². The van der Waals surface area contributed by atoms with Gasteiger partial charge in [0.1, 0.15) is 6.54 Å². The smallest absolute Gasteiger partial charge is 0.242 e. The van der Waals surface area contributed by atoms with E-state index in [2.05, 4.69) is 0 Å². The average molecular weight is 398 g/mol. The molecule has 0 aliphatic carbocycles. The van der Waals surface area contributed by atoms with Crippen LogP contribution in [0.15, 0.2) is 53.3 Å². The quantitative estimate of drug-likeness (QED) is 0.632. The number of sulfone groups is 1. The molecule has 6 nitrogen and oxygen atoms in total. The standard InChI is InChI=1S/C21H22N2O4S/c1-2-22(15-11-12-28(26,27)14-15)20(24)13-23-18-9-5-3-7-16(18)21(25)17-8-4-6-10-19(17)23/h3-10,15H,2,11-14H2,1H3. The molecule has 4 rings (SSSR count). The molecule has 1 atom stereocenters. The molecule has 0 bridgehead atoms. The number of likely N-dealkylation sites (N-methyl/N-ethyl adjacent to an activating group) is 1. The molecule has 28 heavy (non-hydrogen) atoms. The number of carbonyl (C=O) groups is 1. The summed E-state index contributed by atoms with van der Waals surface area (Å²) in [4.78, 5) is 27.6. The molecule has 1 unspecified atom stereocenters. The van der Waals surface area contributed by atoms with Gasteiger partial charge in [-0.2, -0.15) is 0 Å². The van der Waals surface area contributed by atoms with Crippen LogP contribution in [-0.4, -0.2) is 47.9 Å². The number of fused-ring (bicyclic) bond motifs is 2. The van der Waals surface area contributed by atoms with Gasteiger partial charge in [0.25, 0.3) is 0 Å². The second kappa shape index (κ2) is 7.05. The third-order valence-electron chi connectivity index (χ3n) is 5.48. The Morgan fingerprint density at radius 3 is 2.14 bits per heavy atom. The van der Waals surface area contributed by atoms with Crippen LogP contribution in [0.2, 0.25) is 0 Å². The van der Waals surface area contributed by atoms with Crippen LogP contribution in [0.1, 0.15) is 13.3 Å². The highest BCUT2D eigenvalue weighted by molar-refractivity contribution is 7.91. The molecule has 146 valence electrons. The highest BCUT2D eigenvalue weighted by atomic mass is 32.2. The fourth-order valence-corrected chi connectivity index (χ4v) is 5.86. The van der Waals surface area contributed by atoms with Gasteiger partial charge in [0.05, 0.1) is 22.5 Å². The van der Waals surface area contributed by atoms with Crippen LogP contribution in [0.25, 0.3) is 21.8 Å². The molecule has 1 saturated heterocycles. The number of benzene rings is 2. The van der Waals surface area contributed by atoms with E-state index < -0.39 is 9.84 Å². The monoisotopic (exact) mass is 398 g/mol. The van der Waals surface area contributed by atoms with Crippen LogP contribution in [0.3, 0.4) is 0 Å². The molecular formula is C21H22N2O4S. The normalized spacial score (nSPS) is 18.5. The zero-order chi connectivity index (χ0) is 19.9. The zero-order valence-corrected chi connectivity index (χ0v) is 16.5. The number of para-hydroxylation sites is 2. The topological polar surface area (TPSA) is 76.5 Å². The molecule has 7 heteroatoms. The van der Waals surface area contributed by atoms with Gasteiger partial charge in [-0.25, -0.2) is 8.42 Å². The highest BCUT2D eigenvalue weighted by Gasteiger charge is 2.34. The Hall–Kier alpha value is -2.67. The van der Waals surface area contributed by atoms with Crippen molar-refractivity contribution in [3.05, 3.63) is 58.8 Å². The van der Waals surface area contributed by atoms with Crippen LogP contribution < -0.4 is 5.43 Å². The minimum absolute atomic E-state index is 0.0260. The Morgan fingerprint density at radius 1 is 1.07 bits per heavy atom. The number of hydrogen-bond donors (Lipinski definition) is 0. The summed E-state index contributed by atoms with van der Waals surface area (Å²) >= 11 is 0. The number of carbonyl (C=O) groups excluding carboxylic acids is 1. The van der Waals surface area contributed by atoms with Gasteiger partial charge in [0, 0.05) is 23.4 Å². The third kappa shape index (κ3) is 3.20. The molecule has 2 aromatic carbocycles. The molecule has 0 radical (unpaired) electrons. The van der Waals surface area contributed by atoms with Crippen molar-refractivity contribution in [2.75, 3.05) is 18.1 Å². The Bertz CT molecular complexity index is 1170. The zero-order valence-electron chi connectivity index (χ0n) is 15.7. The molecule has 0 spiro atoms. The van der Waals surface area contributed by atoms with E-state index in [4.69, 9.17) is 0 Å². The minimum atomic E-state index is -3.07. The number of pyridine rings is 1. The van der Waals surface area contributed by atoms with Gasteiger partial charge in [-0.05, 0) is 37.6 Å². The van der Waals surface area contributed by atoms with E-state index in [9.17, 15) is 18.0 Å². The summed E-state index contributed by atoms with van der Waals surface area (Å²) in [5, 5.41) is 1.14. The fraction of sp³-hybridized carbons (Fsp3) is 0.333. The molecule has 0 N–H and O–H groups in total. The van der Waals surface area contributed by atoms with Crippen molar-refractivity contribution in [1.29, 1.82) is 0 Å². The Morgan fingerprint density at radius 2 is 1.64 bits per heavy atom. The van der Waals surface area contributed by atoms with E-state index in [1.54, 1.807) is 17.0 Å². The lowest BCUT2D eigenvalue weighted by atomic mass is 10.1. The van der Waals surface area contributed by atoms with Crippen LogP contribution in [-0.2, 0) is 21.2 Å². The van der Waals surface area contributed by atoms with Gasteiger partial charge in [-0.1, -0.05) is 24.3 Å². The number of hydrogen-bond acceptors (Lipinski definition) is 4. The van der Waals surface area contributed by atoms with Crippen molar-refractivity contribution in [2.24, 2.45) is 0 Å². The Balaban J connectivity index is 1.79. The number of rotatable bonds is 4. The molecule has 1 aromatic heterocycles. The molecule has 1 aliphatic heterocycles. The summed E-state index contributed by atoms with van der Waals surface area (Å²) in [5.41, 5.74) is 1.36. The number of amides is 1. The number of aromatic nitrogens is 1. The van der Waals surface area contributed by atoms with Gasteiger partial charge < -0.3 is 9.47 Å². The van der Waals surface area contributed by atoms with Crippen LogP contribution >= 0.6 is 0 Å². The molecule has 1 amide bonds. The maximum atomic E-state index is 13.1. The van der Waals surface area contributed by atoms with E-state index in [1.807, 2.05) is 47.9 Å². The highest BCUT2D eigenvalue weighted by Crippen LogP contribution is 2.22. The summed E-state index contributed by atoms with van der Waals surface area (Å²) in [5.74, 6) is 0.0207. The van der Waals surface area contributed by atoms with Crippen LogP contribution in [0, 0.1) is 0 Å². The molecule has 0 saturated carbocycles. The van der Waals surface area contributed by atoms with Gasteiger partial charge in [-0.3, -0.25) is 9.59 Å². The maximum absolute atomic E-state index is 13.1. The molecule has 2 heterocycles. The predicted octanol–water partition coefficient (Wildman–Crippen LogP) is 2.19. The van der Waals surface area contributed by atoms with E-state index in [-0.39, 0.29) is 35.4 Å². The molecule has 1 aliphatic rings. The average Bonchev–Trinajstić information content (AvgIpc) is 3.05. The first kappa shape index (κ1) is 18.7. The second-order valence-corrected chi connectivity index (χ2v) is 9.41. The summed E-state index contributed by atoms with van der Waals surface area (Å²) in [6, 6.07) is 14.3. The summed E-state index contributed by atoms with van der Waals surface area (Å²) < 4.78 is 25.6. The van der Waals surface area contributed by atoms with E-state index in [0.717, 1.165) is 0 Å². The lowest BCUT2D eigenvalue weighted by Gasteiger charge is -2.28. The van der Waals surface area contributed by atoms with Gasteiger partial charge in [0.2, 0.25) is 5.91 Å². The minimum Gasteiger partial charge on any atom is -0.337 e. The van der Waals surface area contributed by atoms with Crippen molar-refractivity contribution in [2.45, 2.75) is 25.9 Å². The van der Waals surface area contributed by atoms with E-state index in [1.165, 1.54) is 0 Å². The van der Waals surface area contributed by atoms with E-state index >= 15 is 0 Å². The van der Waals surface area contributed by atoms with E-state index in [0.29, 0.717) is 34.8 Å². The fourth-order valence-electron chi connectivity index (χ4n) is 4.13. The molecule has 1 fully saturated rings. The molecule has 3 aromatic rings. The maximum Gasteiger partial charge on any atom is 0.242 e. The third-order valence-corrected chi connectivity index (χ3v) is 7.23. The van der Waals surface area contributed by atoms with Crippen molar-refractivity contribution in [1.82, 2.24) is 9.47 Å². The summed E-state index contributed by atoms with van der Waals surface area (Å²) in [6.45, 7) is 2.38. The second-order valence-electron chi connectivity index (χ2n) is 7.19. The van der Waals surface area contributed by atoms with Crippen molar-refractivity contribution in [3.63, 3.8) is 0 Å². The van der Waals surface area contributed by atoms with Crippen molar-refractivity contribution in [3.8, 4) is 0 Å². The Kier molecular flexibility index (Phi) is 4.71. The van der Waals surface area contributed by atoms with Crippen LogP contribution in [0.4, 0.5) is 0 Å². The molecular weight excluding hydrogens is 376 g/mol. The van der Waals surface area contributed by atoms with Crippen LogP contribution in [0.5, 0.6) is 0 Å². The van der Waals surface area contributed by atoms with Gasteiger partial charge in [-0.15, -0.1) is 0 Å². The van der Waals surface area contributed by atoms with Gasteiger partial charge in [0.15, 0.2) is 15.3 Å². The lowest BCUT2D eigenvalue weighted by Crippen LogP contribution is -2.42. The predicted molar refractivity (Wildman–Crippen MR) is 110 cm³/mol. The van der Waals surface area contributed by atoms with Gasteiger partial charge >= 0.3 is 0 Å². The summed E-state index contributed by atoms with van der Waals surface area (Å²) in [6.07, 6.45) is 0.480.